The summed E-state index contributed by atoms with van der Waals surface area (Å²) in [5.41, 5.74) is 3.71. The predicted molar refractivity (Wildman–Crippen MR) is 89.2 cm³/mol. The Labute approximate surface area is 136 Å². The highest BCUT2D eigenvalue weighted by Gasteiger charge is 2.16. The van der Waals surface area contributed by atoms with Crippen LogP contribution in [0.4, 0.5) is 0 Å². The van der Waals surface area contributed by atoms with Crippen LogP contribution in [-0.4, -0.2) is 22.4 Å². The quantitative estimate of drug-likeness (QED) is 0.830. The van der Waals surface area contributed by atoms with Crippen molar-refractivity contribution >= 4 is 33.7 Å². The van der Waals surface area contributed by atoms with E-state index in [4.69, 9.17) is 0 Å². The van der Waals surface area contributed by atoms with Crippen LogP contribution in [0.1, 0.15) is 12.5 Å². The van der Waals surface area contributed by atoms with Gasteiger partial charge in [0.2, 0.25) is 0 Å². The Morgan fingerprint density at radius 1 is 1.14 bits per heavy atom. The molecule has 4 nitrogen and oxygen atoms in total. The summed E-state index contributed by atoms with van der Waals surface area (Å²) in [7, 11) is 0. The lowest BCUT2D eigenvalue weighted by Gasteiger charge is -2.20. The molecule has 1 N–H and O–H groups in total. The lowest BCUT2D eigenvalue weighted by Crippen LogP contribution is -2.18. The second-order valence-corrected chi connectivity index (χ2v) is 5.91. The molecule has 0 saturated carbocycles. The smallest absolute Gasteiger partial charge is 0.181 e. The van der Waals surface area contributed by atoms with Crippen LogP contribution in [0.2, 0.25) is 0 Å². The summed E-state index contributed by atoms with van der Waals surface area (Å²) in [4.78, 5) is 15.7. The molecule has 3 rings (SSSR count). The summed E-state index contributed by atoms with van der Waals surface area (Å²) in [6.45, 7) is 1.77. The Morgan fingerprint density at radius 2 is 1.86 bits per heavy atom. The number of benzene rings is 1. The fraction of sp³-hybridized carbons (Fsp3) is 0.0588. The predicted octanol–water partition coefficient (Wildman–Crippen LogP) is 3.86. The third-order valence-electron chi connectivity index (χ3n) is 3.44. The summed E-state index contributed by atoms with van der Waals surface area (Å²) >= 11 is 3.39. The summed E-state index contributed by atoms with van der Waals surface area (Å²) in [5, 5.41) is 11.0. The Bertz CT molecular complexity index is 783. The first-order valence-corrected chi connectivity index (χ1v) is 7.49. The molecule has 1 aromatic rings. The fourth-order valence-corrected chi connectivity index (χ4v) is 2.48. The number of rotatable bonds is 1. The molecule has 0 bridgehead atoms. The van der Waals surface area contributed by atoms with Gasteiger partial charge in [-0.2, -0.15) is 0 Å². The molecule has 1 heterocycles. The molecule has 110 valence electrons. The van der Waals surface area contributed by atoms with E-state index in [0.717, 1.165) is 20.7 Å². The first kappa shape index (κ1) is 14.7. The van der Waals surface area contributed by atoms with Crippen molar-refractivity contribution in [1.29, 1.82) is 0 Å². The number of hydroxylamine groups is 2. The Balaban J connectivity index is 2.05. The van der Waals surface area contributed by atoms with Crippen molar-refractivity contribution in [3.05, 3.63) is 75.4 Å². The number of carbonyl (C=O) groups is 1. The van der Waals surface area contributed by atoms with Gasteiger partial charge in [-0.25, -0.2) is 10.1 Å². The van der Waals surface area contributed by atoms with Crippen molar-refractivity contribution in [3.63, 3.8) is 0 Å². The third-order valence-corrected chi connectivity index (χ3v) is 3.97. The molecule has 0 saturated heterocycles. The van der Waals surface area contributed by atoms with Crippen molar-refractivity contribution < 1.29 is 10.0 Å². The molecule has 0 aromatic heterocycles. The molecule has 0 unspecified atom stereocenters. The molecule has 0 fully saturated rings. The van der Waals surface area contributed by atoms with Crippen LogP contribution in [0, 0.1) is 0 Å². The number of halogens is 1. The zero-order valence-electron chi connectivity index (χ0n) is 11.8. The lowest BCUT2D eigenvalue weighted by atomic mass is 9.99. The second kappa shape index (κ2) is 5.87. The van der Waals surface area contributed by atoms with Crippen molar-refractivity contribution in [2.24, 2.45) is 4.99 Å². The van der Waals surface area contributed by atoms with E-state index in [0.29, 0.717) is 17.0 Å². The fourth-order valence-electron chi connectivity index (χ4n) is 2.21. The topological polar surface area (TPSA) is 52.9 Å². The maximum Gasteiger partial charge on any atom is 0.181 e. The molecule has 1 aliphatic carbocycles. The molecular weight excluding hydrogens is 344 g/mol. The summed E-state index contributed by atoms with van der Waals surface area (Å²) in [6, 6.07) is 7.63. The zero-order chi connectivity index (χ0) is 15.7. The highest BCUT2D eigenvalue weighted by Crippen LogP contribution is 2.27. The van der Waals surface area contributed by atoms with E-state index < -0.39 is 0 Å². The molecule has 1 aromatic carbocycles. The van der Waals surface area contributed by atoms with Crippen molar-refractivity contribution in [2.75, 3.05) is 0 Å². The van der Waals surface area contributed by atoms with Crippen LogP contribution in [-0.2, 0) is 4.79 Å². The molecule has 0 amide bonds. The molecule has 2 aliphatic rings. The van der Waals surface area contributed by atoms with Gasteiger partial charge in [-0.3, -0.25) is 10.0 Å². The van der Waals surface area contributed by atoms with E-state index in [1.165, 1.54) is 12.4 Å². The second-order valence-electron chi connectivity index (χ2n) is 4.99. The number of aliphatic imine (C=N–C) groups is 1. The van der Waals surface area contributed by atoms with Crippen LogP contribution in [0.15, 0.2) is 74.9 Å². The molecule has 0 spiro atoms. The first-order chi connectivity index (χ1) is 10.5. The van der Waals surface area contributed by atoms with Gasteiger partial charge in [0.05, 0.1) is 11.4 Å². The number of ketones is 1. The highest BCUT2D eigenvalue weighted by molar-refractivity contribution is 9.10. The SMILES string of the molecule is CC1=CC(=C2C=C(c3ccc(Br)cc3)N(O)C=N2)C=CC1=O. The summed E-state index contributed by atoms with van der Waals surface area (Å²) in [5.74, 6) is 0.00466. The minimum Gasteiger partial charge on any atom is -0.290 e. The lowest BCUT2D eigenvalue weighted by molar-refractivity contribution is -0.111. The summed E-state index contributed by atoms with van der Waals surface area (Å²) in [6.07, 6.45) is 8.23. The van der Waals surface area contributed by atoms with Gasteiger partial charge in [0.15, 0.2) is 5.78 Å². The average molecular weight is 357 g/mol. The Hall–Kier alpha value is -2.24. The molecule has 0 atom stereocenters. The molecule has 22 heavy (non-hydrogen) atoms. The van der Waals surface area contributed by atoms with Gasteiger partial charge in [0.25, 0.3) is 0 Å². The van der Waals surface area contributed by atoms with Crippen LogP contribution < -0.4 is 0 Å². The van der Waals surface area contributed by atoms with Crippen LogP contribution in [0.5, 0.6) is 0 Å². The van der Waals surface area contributed by atoms with Gasteiger partial charge in [0, 0.05) is 15.6 Å². The van der Waals surface area contributed by atoms with Gasteiger partial charge >= 0.3 is 0 Å². The molecular formula is C17H13BrN2O2. The van der Waals surface area contributed by atoms with E-state index in [2.05, 4.69) is 20.9 Å². The van der Waals surface area contributed by atoms with Crippen LogP contribution in [0.3, 0.4) is 0 Å². The monoisotopic (exact) mass is 356 g/mol. The van der Waals surface area contributed by atoms with E-state index >= 15 is 0 Å². The number of nitrogens with zero attached hydrogens (tertiary/aromatic N) is 2. The summed E-state index contributed by atoms with van der Waals surface area (Å²) < 4.78 is 0.969. The first-order valence-electron chi connectivity index (χ1n) is 6.69. The van der Waals surface area contributed by atoms with Gasteiger partial charge in [-0.1, -0.05) is 28.1 Å². The Kier molecular flexibility index (Phi) is 3.92. The minimum atomic E-state index is 0.00466. The van der Waals surface area contributed by atoms with E-state index in [9.17, 15) is 10.0 Å². The van der Waals surface area contributed by atoms with E-state index in [1.807, 2.05) is 24.3 Å². The maximum absolute atomic E-state index is 11.5. The van der Waals surface area contributed by atoms with Crippen LogP contribution in [0.25, 0.3) is 5.70 Å². The molecule has 0 radical (unpaired) electrons. The maximum atomic E-state index is 11.5. The van der Waals surface area contributed by atoms with E-state index in [-0.39, 0.29) is 5.78 Å². The Morgan fingerprint density at radius 3 is 2.55 bits per heavy atom. The number of hydrogen-bond acceptors (Lipinski definition) is 4. The largest absolute Gasteiger partial charge is 0.290 e. The van der Waals surface area contributed by atoms with Crippen LogP contribution >= 0.6 is 15.9 Å². The standard InChI is InChI=1S/C17H13BrN2O2/c1-11-8-13(4-7-17(11)21)15-9-16(20(22)10-19-15)12-2-5-14(18)6-3-12/h2-10,22H,1H3. The van der Waals surface area contributed by atoms with Gasteiger partial charge in [-0.15, -0.1) is 0 Å². The van der Waals surface area contributed by atoms with Crippen molar-refractivity contribution in [1.82, 2.24) is 5.06 Å². The number of carbonyl (C=O) groups excluding carboxylic acids is 1. The normalized spacial score (nSPS) is 21.0. The van der Waals surface area contributed by atoms with E-state index in [1.54, 1.807) is 25.2 Å². The van der Waals surface area contributed by atoms with Gasteiger partial charge < -0.3 is 0 Å². The number of allylic oxidation sites excluding steroid dienone is 6. The van der Waals surface area contributed by atoms with Gasteiger partial charge in [0.1, 0.15) is 6.34 Å². The third kappa shape index (κ3) is 2.86. The minimum absolute atomic E-state index is 0.00466. The van der Waals surface area contributed by atoms with Crippen molar-refractivity contribution in [3.8, 4) is 0 Å². The number of hydrogen-bond donors (Lipinski definition) is 1. The highest BCUT2D eigenvalue weighted by atomic mass is 79.9. The zero-order valence-corrected chi connectivity index (χ0v) is 13.4. The average Bonchev–Trinajstić information content (AvgIpc) is 2.52. The molecule has 1 aliphatic heterocycles. The van der Waals surface area contributed by atoms with Crippen molar-refractivity contribution in [2.45, 2.75) is 6.92 Å². The molecule has 5 heteroatoms. The van der Waals surface area contributed by atoms with Gasteiger partial charge in [-0.05, 0) is 48.9 Å².